The molecule has 0 saturated carbocycles. The van der Waals surface area contributed by atoms with E-state index >= 15 is 0 Å². The molecule has 1 N–H and O–H groups in total. The van der Waals surface area contributed by atoms with E-state index in [1.165, 1.54) is 0 Å². The van der Waals surface area contributed by atoms with E-state index in [9.17, 15) is 4.79 Å². The number of hydrogen-bond donors (Lipinski definition) is 1. The Labute approximate surface area is 113 Å². The molecule has 2 heterocycles. The number of carbonyl (C=O) groups excluding carboxylic acids is 1. The summed E-state index contributed by atoms with van der Waals surface area (Å²) in [6.45, 7) is 5.10. The van der Waals surface area contributed by atoms with Crippen LogP contribution in [0.1, 0.15) is 21.9 Å². The molecular weight excluding hydrogens is 298 g/mol. The van der Waals surface area contributed by atoms with Gasteiger partial charge in [0.25, 0.3) is 5.91 Å². The fourth-order valence-electron chi connectivity index (χ4n) is 1.70. The summed E-state index contributed by atoms with van der Waals surface area (Å²) >= 11 is 3.16. The van der Waals surface area contributed by atoms with Crippen LogP contribution in [0.3, 0.4) is 0 Å². The predicted octanol–water partition coefficient (Wildman–Crippen LogP) is 2.29. The van der Waals surface area contributed by atoms with Gasteiger partial charge in [0, 0.05) is 12.2 Å². The van der Waals surface area contributed by atoms with Gasteiger partial charge in [-0.05, 0) is 48.0 Å². The number of hydrogen-bond acceptors (Lipinski definition) is 3. The Hall–Kier alpha value is -1.56. The summed E-state index contributed by atoms with van der Waals surface area (Å²) in [5.74, 6) is 0.0810. The second-order valence-corrected chi connectivity index (χ2v) is 4.79. The summed E-state index contributed by atoms with van der Waals surface area (Å²) in [5.41, 5.74) is 2.07. The zero-order valence-electron chi connectivity index (χ0n) is 10.2. The molecule has 18 heavy (non-hydrogen) atoms. The molecule has 6 heteroatoms. The van der Waals surface area contributed by atoms with Crippen LogP contribution in [0, 0.1) is 13.8 Å². The van der Waals surface area contributed by atoms with Crippen molar-refractivity contribution in [1.29, 1.82) is 0 Å². The molecule has 1 amide bonds. The van der Waals surface area contributed by atoms with E-state index in [1.807, 2.05) is 24.6 Å². The van der Waals surface area contributed by atoms with Gasteiger partial charge in [-0.25, -0.2) is 0 Å². The summed E-state index contributed by atoms with van der Waals surface area (Å²) in [6, 6.07) is 5.32. The van der Waals surface area contributed by atoms with E-state index in [0.717, 1.165) is 11.4 Å². The van der Waals surface area contributed by atoms with Gasteiger partial charge in [-0.1, -0.05) is 0 Å². The summed E-state index contributed by atoms with van der Waals surface area (Å²) in [6.07, 6.45) is 0. The van der Waals surface area contributed by atoms with E-state index in [-0.39, 0.29) is 5.91 Å². The van der Waals surface area contributed by atoms with E-state index in [0.29, 0.717) is 23.5 Å². The number of rotatable bonds is 4. The van der Waals surface area contributed by atoms with Gasteiger partial charge in [-0.15, -0.1) is 0 Å². The molecule has 0 radical (unpaired) electrons. The predicted molar refractivity (Wildman–Crippen MR) is 70.4 cm³/mol. The van der Waals surface area contributed by atoms with Crippen LogP contribution in [0.15, 0.2) is 27.3 Å². The molecule has 0 unspecified atom stereocenters. The minimum absolute atomic E-state index is 0.220. The van der Waals surface area contributed by atoms with Crippen molar-refractivity contribution < 1.29 is 9.21 Å². The van der Waals surface area contributed by atoms with Crippen molar-refractivity contribution in [2.75, 3.05) is 6.54 Å². The van der Waals surface area contributed by atoms with Crippen LogP contribution in [-0.4, -0.2) is 22.2 Å². The highest BCUT2D eigenvalue weighted by atomic mass is 79.9. The SMILES string of the molecule is Cc1cc(C)n(CCNC(=O)c2ccc(Br)o2)n1. The molecular formula is C12H14BrN3O2. The Morgan fingerprint density at radius 1 is 1.50 bits per heavy atom. The van der Waals surface area contributed by atoms with E-state index in [1.54, 1.807) is 12.1 Å². The summed E-state index contributed by atoms with van der Waals surface area (Å²) in [7, 11) is 0. The number of halogens is 1. The van der Waals surface area contributed by atoms with E-state index in [4.69, 9.17) is 4.42 Å². The smallest absolute Gasteiger partial charge is 0.287 e. The van der Waals surface area contributed by atoms with Gasteiger partial charge in [0.05, 0.1) is 12.2 Å². The van der Waals surface area contributed by atoms with Crippen LogP contribution in [-0.2, 0) is 6.54 Å². The van der Waals surface area contributed by atoms with Crippen molar-refractivity contribution in [1.82, 2.24) is 15.1 Å². The largest absolute Gasteiger partial charge is 0.444 e. The molecule has 2 rings (SSSR count). The highest BCUT2D eigenvalue weighted by molar-refractivity contribution is 9.10. The Morgan fingerprint density at radius 2 is 2.28 bits per heavy atom. The summed E-state index contributed by atoms with van der Waals surface area (Å²) < 4.78 is 7.57. The second kappa shape index (κ2) is 5.39. The van der Waals surface area contributed by atoms with Crippen molar-refractivity contribution in [2.24, 2.45) is 0 Å². The third-order valence-corrected chi connectivity index (χ3v) is 2.94. The van der Waals surface area contributed by atoms with Crippen molar-refractivity contribution in [2.45, 2.75) is 20.4 Å². The van der Waals surface area contributed by atoms with Crippen molar-refractivity contribution in [3.8, 4) is 0 Å². The first-order valence-electron chi connectivity index (χ1n) is 5.61. The lowest BCUT2D eigenvalue weighted by atomic mass is 10.4. The highest BCUT2D eigenvalue weighted by Gasteiger charge is 2.09. The Balaban J connectivity index is 1.85. The molecule has 2 aromatic heterocycles. The van der Waals surface area contributed by atoms with E-state index < -0.39 is 0 Å². The Morgan fingerprint density at radius 3 is 2.83 bits per heavy atom. The fraction of sp³-hybridized carbons (Fsp3) is 0.333. The molecule has 0 aliphatic carbocycles. The molecule has 0 aliphatic heterocycles. The Kier molecular flexibility index (Phi) is 3.86. The maximum Gasteiger partial charge on any atom is 0.287 e. The molecule has 0 saturated heterocycles. The monoisotopic (exact) mass is 311 g/mol. The zero-order chi connectivity index (χ0) is 13.1. The molecule has 0 aliphatic rings. The average molecular weight is 312 g/mol. The first-order chi connectivity index (χ1) is 8.56. The topological polar surface area (TPSA) is 60.1 Å². The minimum Gasteiger partial charge on any atom is -0.444 e. The minimum atomic E-state index is -0.220. The zero-order valence-corrected chi connectivity index (χ0v) is 11.8. The van der Waals surface area contributed by atoms with Gasteiger partial charge in [-0.3, -0.25) is 9.48 Å². The molecule has 5 nitrogen and oxygen atoms in total. The number of nitrogens with zero attached hydrogens (tertiary/aromatic N) is 2. The van der Waals surface area contributed by atoms with Gasteiger partial charge < -0.3 is 9.73 Å². The van der Waals surface area contributed by atoms with Gasteiger partial charge in [0.1, 0.15) is 0 Å². The molecule has 0 spiro atoms. The average Bonchev–Trinajstić information content (AvgIpc) is 2.86. The standard InChI is InChI=1S/C12H14BrN3O2/c1-8-7-9(2)16(15-8)6-5-14-12(17)10-3-4-11(13)18-10/h3-4,7H,5-6H2,1-2H3,(H,14,17). The number of nitrogens with one attached hydrogen (secondary N) is 1. The number of amides is 1. The molecule has 96 valence electrons. The number of furan rings is 1. The third kappa shape index (κ3) is 3.01. The van der Waals surface area contributed by atoms with Crippen molar-refractivity contribution in [3.63, 3.8) is 0 Å². The van der Waals surface area contributed by atoms with Crippen LogP contribution in [0.4, 0.5) is 0 Å². The van der Waals surface area contributed by atoms with Gasteiger partial charge in [0.15, 0.2) is 10.4 Å². The molecule has 2 aromatic rings. The normalized spacial score (nSPS) is 10.6. The maximum absolute atomic E-state index is 11.7. The Bertz CT molecular complexity index is 559. The molecule has 0 atom stereocenters. The lowest BCUT2D eigenvalue weighted by Gasteiger charge is -2.05. The lowest BCUT2D eigenvalue weighted by Crippen LogP contribution is -2.27. The third-order valence-electron chi connectivity index (χ3n) is 2.51. The first kappa shape index (κ1) is 12.9. The first-order valence-corrected chi connectivity index (χ1v) is 6.40. The molecule has 0 aromatic carbocycles. The molecule has 0 fully saturated rings. The summed E-state index contributed by atoms with van der Waals surface area (Å²) in [5, 5.41) is 7.10. The fourth-order valence-corrected chi connectivity index (χ4v) is 2.01. The highest BCUT2D eigenvalue weighted by Crippen LogP contribution is 2.13. The van der Waals surface area contributed by atoms with Crippen LogP contribution in [0.25, 0.3) is 0 Å². The van der Waals surface area contributed by atoms with Crippen LogP contribution >= 0.6 is 15.9 Å². The summed E-state index contributed by atoms with van der Waals surface area (Å²) in [4.78, 5) is 11.7. The van der Waals surface area contributed by atoms with Crippen molar-refractivity contribution >= 4 is 21.8 Å². The van der Waals surface area contributed by atoms with Gasteiger partial charge in [-0.2, -0.15) is 5.10 Å². The second-order valence-electron chi connectivity index (χ2n) is 4.01. The number of carbonyl (C=O) groups is 1. The molecule has 0 bridgehead atoms. The van der Waals surface area contributed by atoms with Gasteiger partial charge >= 0.3 is 0 Å². The lowest BCUT2D eigenvalue weighted by molar-refractivity contribution is 0.0923. The van der Waals surface area contributed by atoms with Crippen LogP contribution in [0.5, 0.6) is 0 Å². The van der Waals surface area contributed by atoms with Gasteiger partial charge in [0.2, 0.25) is 0 Å². The van der Waals surface area contributed by atoms with Crippen LogP contribution < -0.4 is 5.32 Å². The number of aromatic nitrogens is 2. The quantitative estimate of drug-likeness (QED) is 0.942. The maximum atomic E-state index is 11.7. The van der Waals surface area contributed by atoms with Crippen LogP contribution in [0.2, 0.25) is 0 Å². The van der Waals surface area contributed by atoms with E-state index in [2.05, 4.69) is 26.3 Å². The van der Waals surface area contributed by atoms with Crippen molar-refractivity contribution in [3.05, 3.63) is 40.0 Å². The number of aryl methyl sites for hydroxylation is 2.